The van der Waals surface area contributed by atoms with Crippen LogP contribution >= 0.6 is 0 Å². The maximum absolute atomic E-state index is 14.8. The zero-order valence-corrected chi connectivity index (χ0v) is 48.9. The molecule has 10 amide bonds. The number of nitrogens with one attached hydrogen (secondary N) is 8. The van der Waals surface area contributed by atoms with Crippen LogP contribution < -0.4 is 54.0 Å². The highest BCUT2D eigenvalue weighted by Crippen LogP contribution is 2.24. The second-order valence-electron chi connectivity index (χ2n) is 23.1. The summed E-state index contributed by atoms with van der Waals surface area (Å²) in [6.45, 7) is 14.8. The van der Waals surface area contributed by atoms with Gasteiger partial charge in [-0.3, -0.25) is 47.9 Å². The van der Waals surface area contributed by atoms with E-state index < -0.39 is 119 Å². The molecule has 0 aliphatic carbocycles. The van der Waals surface area contributed by atoms with Gasteiger partial charge in [-0.05, 0) is 124 Å². The van der Waals surface area contributed by atoms with Crippen molar-refractivity contribution in [3.05, 3.63) is 83.2 Å². The predicted molar refractivity (Wildman–Crippen MR) is 311 cm³/mol. The lowest BCUT2D eigenvalue weighted by Gasteiger charge is -2.31. The van der Waals surface area contributed by atoms with Gasteiger partial charge in [0.15, 0.2) is 0 Å². The maximum Gasteiger partial charge on any atom is 0.271 e. The summed E-state index contributed by atoms with van der Waals surface area (Å²) in [4.78, 5) is 148. The summed E-state index contributed by atoms with van der Waals surface area (Å²) in [5.74, 6) is -8.42. The molecular formula is C60H88N12O10. The smallest absolute Gasteiger partial charge is 0.271 e. The van der Waals surface area contributed by atoms with Crippen LogP contribution in [0.1, 0.15) is 131 Å². The molecule has 82 heavy (non-hydrogen) atoms. The van der Waals surface area contributed by atoms with E-state index in [2.05, 4.69) is 42.5 Å². The van der Waals surface area contributed by atoms with Crippen LogP contribution in [0.4, 0.5) is 0 Å². The van der Waals surface area contributed by atoms with Crippen molar-refractivity contribution in [1.82, 2.24) is 52.3 Å². The average Bonchev–Trinajstić information content (AvgIpc) is 4.16. The van der Waals surface area contributed by atoms with Gasteiger partial charge in [-0.15, -0.1) is 0 Å². The highest BCUT2D eigenvalue weighted by molar-refractivity contribution is 6.06. The van der Waals surface area contributed by atoms with Crippen molar-refractivity contribution in [2.75, 3.05) is 26.2 Å². The zero-order valence-electron chi connectivity index (χ0n) is 48.9. The molecule has 0 aromatic heterocycles. The highest BCUT2D eigenvalue weighted by Gasteiger charge is 2.42. The number of hydrogen-bond donors (Lipinski definition) is 10. The zero-order chi connectivity index (χ0) is 60.2. The van der Waals surface area contributed by atoms with Gasteiger partial charge in [-0.1, -0.05) is 116 Å². The van der Waals surface area contributed by atoms with E-state index >= 15 is 0 Å². The normalized spacial score (nSPS) is 25.8. The summed E-state index contributed by atoms with van der Waals surface area (Å²) in [5.41, 5.74) is 12.5. The second kappa shape index (κ2) is 31.7. The third-order valence-corrected chi connectivity index (χ3v) is 14.7. The van der Waals surface area contributed by atoms with Gasteiger partial charge in [0.1, 0.15) is 59.7 Å². The van der Waals surface area contributed by atoms with Gasteiger partial charge in [-0.2, -0.15) is 0 Å². The minimum absolute atomic E-state index is 0.0575. The topological polar surface area (TPSA) is 325 Å². The Labute approximate surface area is 482 Å². The number of fused-ring (bicyclic) bond motifs is 2. The van der Waals surface area contributed by atoms with E-state index in [0.29, 0.717) is 24.0 Å². The van der Waals surface area contributed by atoms with Crippen LogP contribution in [0, 0.1) is 23.7 Å². The Bertz CT molecular complexity index is 2450. The van der Waals surface area contributed by atoms with Gasteiger partial charge in [0, 0.05) is 13.1 Å². The number of benzene rings is 2. The molecule has 22 heteroatoms. The fourth-order valence-electron chi connectivity index (χ4n) is 10.3. The first-order chi connectivity index (χ1) is 39.0. The number of carbonyl (C=O) groups excluding carboxylic acids is 10. The minimum Gasteiger partial charge on any atom is -0.343 e. The van der Waals surface area contributed by atoms with Gasteiger partial charge in [0.05, 0.1) is 0 Å². The van der Waals surface area contributed by atoms with Gasteiger partial charge < -0.3 is 63.8 Å². The quantitative estimate of drug-likeness (QED) is 0.122. The van der Waals surface area contributed by atoms with Crippen LogP contribution in [0.25, 0.3) is 12.2 Å². The standard InChI is InChI=1S/C60H88N12O10/c1-35(2)31-43-53(75)67-45(33-39-19-11-9-12-20-39)59(81)71-29-17-25-47(71)55(77)70-50(38(7)8)58(80)64-42(24-16-28-62)52(74)66-44(32-36(3)4)54(76)68-46(34-40-21-13-10-14-22-40)60(82)72-30-18-26-48(72)56(78)69-49(37(5)6)57(79)63-41(23-15-27-61)51(73)65-43/h9-14,19-22,33-38,41-44,47-50H,15-18,23-32,61-62H2,1-8H3,(H,63,79)(H,64,80)(H,65,73)(H,66,74)(H,67,75)(H,68,76)(H,69,78)(H,70,77)/b45-33-,46-34-/t41-,42-,43-,44-,47-,48-,49-,50-/m0/s1. The molecule has 3 saturated heterocycles. The maximum atomic E-state index is 14.8. The van der Waals surface area contributed by atoms with E-state index in [1.165, 1.54) is 22.0 Å². The lowest BCUT2D eigenvalue weighted by molar-refractivity contribution is -0.139. The molecule has 3 heterocycles. The Morgan fingerprint density at radius 2 is 0.793 bits per heavy atom. The first-order valence-electron chi connectivity index (χ1n) is 29.0. The number of nitrogens with two attached hydrogens (primary N) is 2. The monoisotopic (exact) mass is 1140 g/mol. The number of nitrogens with zero attached hydrogens (tertiary/aromatic N) is 2. The first-order valence-corrected chi connectivity index (χ1v) is 29.0. The molecule has 5 rings (SSSR count). The molecule has 3 aliphatic rings. The molecule has 12 N–H and O–H groups in total. The number of carbonyl (C=O) groups is 10. The Hall–Kier alpha value is -7.46. The van der Waals surface area contributed by atoms with Crippen molar-refractivity contribution in [1.29, 1.82) is 0 Å². The summed E-state index contributed by atoms with van der Waals surface area (Å²) in [6, 6.07) is 7.90. The molecule has 0 spiro atoms. The van der Waals surface area contributed by atoms with Crippen LogP contribution in [0.2, 0.25) is 0 Å². The van der Waals surface area contributed by atoms with E-state index in [1.807, 2.05) is 27.7 Å². The summed E-state index contributed by atoms with van der Waals surface area (Å²) >= 11 is 0. The van der Waals surface area contributed by atoms with Crippen LogP contribution in [0.15, 0.2) is 72.1 Å². The summed E-state index contributed by atoms with van der Waals surface area (Å²) in [7, 11) is 0. The number of rotatable bonds is 14. The van der Waals surface area contributed by atoms with Gasteiger partial charge in [0.2, 0.25) is 47.3 Å². The van der Waals surface area contributed by atoms with Crippen molar-refractivity contribution in [3.8, 4) is 0 Å². The predicted octanol–water partition coefficient (Wildman–Crippen LogP) is 2.09. The van der Waals surface area contributed by atoms with Gasteiger partial charge >= 0.3 is 0 Å². The van der Waals surface area contributed by atoms with Crippen LogP contribution in [-0.2, 0) is 47.9 Å². The molecule has 0 bridgehead atoms. The van der Waals surface area contributed by atoms with Crippen molar-refractivity contribution >= 4 is 71.2 Å². The number of amides is 10. The lowest BCUT2D eigenvalue weighted by atomic mass is 10.00. The van der Waals surface area contributed by atoms with E-state index in [-0.39, 0.29) is 101 Å². The van der Waals surface area contributed by atoms with E-state index in [0.717, 1.165) is 0 Å². The van der Waals surface area contributed by atoms with Crippen LogP contribution in [-0.4, -0.2) is 143 Å². The van der Waals surface area contributed by atoms with Crippen LogP contribution in [0.5, 0.6) is 0 Å². The fraction of sp³-hybridized carbons (Fsp3) is 0.567. The molecule has 3 aliphatic heterocycles. The molecule has 0 saturated carbocycles. The van der Waals surface area contributed by atoms with E-state index in [1.54, 1.807) is 88.4 Å². The van der Waals surface area contributed by atoms with E-state index in [9.17, 15) is 47.9 Å². The SMILES string of the molecule is CC(C)C[C@@H]1NC(=O)[C@H](CCCN)NC(=O)[C@H](C(C)C)NC(=O)[C@@H]2CCCN2C(=O)/C(=C/c2ccccc2)NC(=O)[C@H](CC(C)C)NC(=O)[C@H](CCCN)NC(=O)[C@H](C(C)C)NC(=O)[C@@H]2CCCN2C(=O)/C(=C/c2ccccc2)NC1=O. The molecule has 0 unspecified atom stereocenters. The molecule has 22 nitrogen and oxygen atoms in total. The molecular weight excluding hydrogens is 1050 g/mol. The summed E-state index contributed by atoms with van der Waals surface area (Å²) < 4.78 is 0. The lowest BCUT2D eigenvalue weighted by Crippen LogP contribution is -2.60. The van der Waals surface area contributed by atoms with Crippen molar-refractivity contribution in [3.63, 3.8) is 0 Å². The molecule has 448 valence electrons. The minimum atomic E-state index is -1.24. The van der Waals surface area contributed by atoms with Crippen molar-refractivity contribution < 1.29 is 47.9 Å². The Morgan fingerprint density at radius 3 is 1.11 bits per heavy atom. The van der Waals surface area contributed by atoms with Gasteiger partial charge in [0.25, 0.3) is 11.8 Å². The largest absolute Gasteiger partial charge is 0.343 e. The summed E-state index contributed by atoms with van der Waals surface area (Å²) in [5, 5.41) is 22.4. The summed E-state index contributed by atoms with van der Waals surface area (Å²) in [6.07, 6.45) is 5.10. The molecule has 2 aromatic carbocycles. The van der Waals surface area contributed by atoms with Crippen molar-refractivity contribution in [2.24, 2.45) is 35.1 Å². The molecule has 0 radical (unpaired) electrons. The Morgan fingerprint density at radius 1 is 0.451 bits per heavy atom. The first kappa shape index (κ1) is 65.4. The van der Waals surface area contributed by atoms with Crippen LogP contribution in [0.3, 0.4) is 0 Å². The van der Waals surface area contributed by atoms with Crippen molar-refractivity contribution in [2.45, 2.75) is 168 Å². The second-order valence-corrected chi connectivity index (χ2v) is 23.1. The van der Waals surface area contributed by atoms with Gasteiger partial charge in [-0.25, -0.2) is 0 Å². The Balaban J connectivity index is 1.61. The fourth-order valence-corrected chi connectivity index (χ4v) is 10.3. The molecule has 8 atom stereocenters. The molecule has 2 aromatic rings. The highest BCUT2D eigenvalue weighted by atomic mass is 16.2. The average molecular weight is 1140 g/mol. The Kier molecular flexibility index (Phi) is 25.2. The molecule has 3 fully saturated rings. The third kappa shape index (κ3) is 18.8. The third-order valence-electron chi connectivity index (χ3n) is 14.7. The van der Waals surface area contributed by atoms with E-state index in [4.69, 9.17) is 11.5 Å². The number of hydrogen-bond acceptors (Lipinski definition) is 12.